The van der Waals surface area contributed by atoms with E-state index >= 15 is 0 Å². The van der Waals surface area contributed by atoms with E-state index in [0.29, 0.717) is 12.2 Å². The second-order valence-electron chi connectivity index (χ2n) is 4.74. The maximum atomic E-state index is 11.9. The second-order valence-corrected chi connectivity index (χ2v) is 4.74. The summed E-state index contributed by atoms with van der Waals surface area (Å²) in [5, 5.41) is 8.37. The first-order chi connectivity index (χ1) is 9.65. The summed E-state index contributed by atoms with van der Waals surface area (Å²) in [7, 11) is 1.90. The third-order valence-corrected chi connectivity index (χ3v) is 3.24. The van der Waals surface area contributed by atoms with Crippen LogP contribution in [0.1, 0.15) is 21.7 Å². The molecule has 0 aliphatic heterocycles. The highest BCUT2D eigenvalue weighted by Crippen LogP contribution is 2.19. The van der Waals surface area contributed by atoms with E-state index in [2.05, 4.69) is 32.5 Å². The highest BCUT2D eigenvalue weighted by molar-refractivity contribution is 5.92. The molecule has 0 unspecified atom stereocenters. The van der Waals surface area contributed by atoms with Gasteiger partial charge in [0.15, 0.2) is 0 Å². The molecule has 0 atom stereocenters. The number of imidazole rings is 1. The molecular formula is C14H15N5O. The van der Waals surface area contributed by atoms with Crippen LogP contribution in [0, 0.1) is 6.92 Å². The number of rotatable bonds is 3. The number of H-pyrrole nitrogens is 1. The lowest BCUT2D eigenvalue weighted by atomic mass is 10.1. The lowest BCUT2D eigenvalue weighted by molar-refractivity contribution is 0.0946. The lowest BCUT2D eigenvalue weighted by Gasteiger charge is -2.01. The van der Waals surface area contributed by atoms with Crippen LogP contribution >= 0.6 is 0 Å². The fourth-order valence-electron chi connectivity index (χ4n) is 2.22. The van der Waals surface area contributed by atoms with Crippen molar-refractivity contribution in [2.45, 2.75) is 13.5 Å². The van der Waals surface area contributed by atoms with E-state index in [9.17, 15) is 4.79 Å². The first kappa shape index (κ1) is 12.4. The van der Waals surface area contributed by atoms with Crippen molar-refractivity contribution in [3.05, 3.63) is 47.7 Å². The number of benzene rings is 1. The van der Waals surface area contributed by atoms with Crippen molar-refractivity contribution >= 4 is 16.8 Å². The van der Waals surface area contributed by atoms with Crippen LogP contribution in [0.4, 0.5) is 0 Å². The standard InChI is InChI=1S/C14H15N5O/c1-9-3-4-13-10(5-9)11(18-19(13)2)7-16-14(20)12-6-15-8-17-12/h3-6,8H,7H2,1-2H3,(H,15,17)(H,16,20). The Bertz CT molecular complexity index is 757. The monoisotopic (exact) mass is 269 g/mol. The number of carbonyl (C=O) groups excluding carboxylic acids is 1. The van der Waals surface area contributed by atoms with Crippen molar-refractivity contribution in [1.82, 2.24) is 25.1 Å². The molecule has 102 valence electrons. The van der Waals surface area contributed by atoms with Crippen molar-refractivity contribution in [3.8, 4) is 0 Å². The van der Waals surface area contributed by atoms with Gasteiger partial charge in [-0.25, -0.2) is 4.98 Å². The molecule has 0 fully saturated rings. The summed E-state index contributed by atoms with van der Waals surface area (Å²) in [5.41, 5.74) is 3.54. The first-order valence-corrected chi connectivity index (χ1v) is 6.34. The summed E-state index contributed by atoms with van der Waals surface area (Å²) in [6.07, 6.45) is 2.98. The molecule has 6 heteroatoms. The maximum Gasteiger partial charge on any atom is 0.269 e. The van der Waals surface area contributed by atoms with Crippen molar-refractivity contribution in [2.75, 3.05) is 0 Å². The van der Waals surface area contributed by atoms with Gasteiger partial charge in [0, 0.05) is 12.4 Å². The highest BCUT2D eigenvalue weighted by Gasteiger charge is 2.11. The number of amides is 1. The minimum absolute atomic E-state index is 0.186. The Morgan fingerprint density at radius 3 is 3.05 bits per heavy atom. The number of hydrogen-bond donors (Lipinski definition) is 2. The molecule has 0 aliphatic carbocycles. The Labute approximate surface area is 115 Å². The molecule has 1 amide bonds. The first-order valence-electron chi connectivity index (χ1n) is 6.34. The van der Waals surface area contributed by atoms with Crippen molar-refractivity contribution < 1.29 is 4.79 Å². The van der Waals surface area contributed by atoms with Gasteiger partial charge in [-0.15, -0.1) is 0 Å². The third kappa shape index (κ3) is 2.16. The third-order valence-electron chi connectivity index (χ3n) is 3.24. The van der Waals surface area contributed by atoms with Gasteiger partial charge in [-0.2, -0.15) is 5.10 Å². The Hall–Kier alpha value is -2.63. The van der Waals surface area contributed by atoms with E-state index in [4.69, 9.17) is 0 Å². The van der Waals surface area contributed by atoms with Gasteiger partial charge in [0.2, 0.25) is 0 Å². The predicted molar refractivity (Wildman–Crippen MR) is 75.2 cm³/mol. The van der Waals surface area contributed by atoms with Crippen molar-refractivity contribution in [1.29, 1.82) is 0 Å². The average Bonchev–Trinajstić information content (AvgIpc) is 3.05. The van der Waals surface area contributed by atoms with Gasteiger partial charge < -0.3 is 10.3 Å². The molecule has 3 aromatic rings. The van der Waals surface area contributed by atoms with E-state index in [1.807, 2.05) is 24.7 Å². The van der Waals surface area contributed by atoms with Crippen LogP contribution in [-0.2, 0) is 13.6 Å². The van der Waals surface area contributed by atoms with Crippen molar-refractivity contribution in [3.63, 3.8) is 0 Å². The van der Waals surface area contributed by atoms with E-state index in [-0.39, 0.29) is 5.91 Å². The number of aromatic nitrogens is 4. The van der Waals surface area contributed by atoms with Gasteiger partial charge in [-0.3, -0.25) is 9.48 Å². The van der Waals surface area contributed by atoms with Crippen molar-refractivity contribution in [2.24, 2.45) is 7.05 Å². The number of nitrogens with one attached hydrogen (secondary N) is 2. The SMILES string of the molecule is Cc1ccc2c(c1)c(CNC(=O)c1cnc[nH]1)nn2C. The number of aryl methyl sites for hydroxylation is 2. The molecule has 0 spiro atoms. The molecule has 1 aromatic carbocycles. The number of hydrogen-bond acceptors (Lipinski definition) is 3. The summed E-state index contributed by atoms with van der Waals surface area (Å²) in [6.45, 7) is 2.43. The molecule has 2 heterocycles. The zero-order valence-electron chi connectivity index (χ0n) is 11.3. The summed E-state index contributed by atoms with van der Waals surface area (Å²) >= 11 is 0. The van der Waals surface area contributed by atoms with E-state index in [0.717, 1.165) is 16.6 Å². The number of carbonyl (C=O) groups is 1. The van der Waals surface area contributed by atoms with Gasteiger partial charge in [0.1, 0.15) is 5.69 Å². The predicted octanol–water partition coefficient (Wildman–Crippen LogP) is 1.53. The Morgan fingerprint density at radius 1 is 1.45 bits per heavy atom. The second kappa shape index (κ2) is 4.80. The average molecular weight is 269 g/mol. The van der Waals surface area contributed by atoms with Crippen LogP contribution in [0.25, 0.3) is 10.9 Å². The number of fused-ring (bicyclic) bond motifs is 1. The van der Waals surface area contributed by atoms with E-state index in [1.54, 1.807) is 0 Å². The largest absolute Gasteiger partial charge is 0.345 e. The topological polar surface area (TPSA) is 75.6 Å². The molecule has 20 heavy (non-hydrogen) atoms. The minimum Gasteiger partial charge on any atom is -0.345 e. The smallest absolute Gasteiger partial charge is 0.269 e. The molecule has 0 aliphatic rings. The normalized spacial score (nSPS) is 10.9. The molecule has 2 N–H and O–H groups in total. The van der Waals surface area contributed by atoms with Gasteiger partial charge in [0.25, 0.3) is 5.91 Å². The van der Waals surface area contributed by atoms with Crippen LogP contribution in [0.2, 0.25) is 0 Å². The Kier molecular flexibility index (Phi) is 2.98. The minimum atomic E-state index is -0.186. The molecule has 0 saturated heterocycles. The fraction of sp³-hybridized carbons (Fsp3) is 0.214. The number of nitrogens with zero attached hydrogens (tertiary/aromatic N) is 3. The summed E-state index contributed by atoms with van der Waals surface area (Å²) in [4.78, 5) is 18.5. The zero-order chi connectivity index (χ0) is 14.1. The summed E-state index contributed by atoms with van der Waals surface area (Å²) in [5.74, 6) is -0.186. The van der Waals surface area contributed by atoms with Crippen LogP contribution in [0.15, 0.2) is 30.7 Å². The molecular weight excluding hydrogens is 254 g/mol. The van der Waals surface area contributed by atoms with E-state index in [1.165, 1.54) is 18.1 Å². The van der Waals surface area contributed by atoms with Crippen LogP contribution in [-0.4, -0.2) is 25.7 Å². The zero-order valence-corrected chi connectivity index (χ0v) is 11.3. The Morgan fingerprint density at radius 2 is 2.30 bits per heavy atom. The Balaban J connectivity index is 1.84. The van der Waals surface area contributed by atoms with Gasteiger partial charge >= 0.3 is 0 Å². The molecule has 0 radical (unpaired) electrons. The molecule has 2 aromatic heterocycles. The lowest BCUT2D eigenvalue weighted by Crippen LogP contribution is -2.23. The highest BCUT2D eigenvalue weighted by atomic mass is 16.1. The molecule has 3 rings (SSSR count). The van der Waals surface area contributed by atoms with Crippen LogP contribution in [0.5, 0.6) is 0 Å². The summed E-state index contributed by atoms with van der Waals surface area (Å²) in [6, 6.07) is 6.18. The molecule has 6 nitrogen and oxygen atoms in total. The molecule has 0 bridgehead atoms. The quantitative estimate of drug-likeness (QED) is 0.757. The van der Waals surface area contributed by atoms with E-state index < -0.39 is 0 Å². The summed E-state index contributed by atoms with van der Waals surface area (Å²) < 4.78 is 1.83. The van der Waals surface area contributed by atoms with Crippen LogP contribution in [0.3, 0.4) is 0 Å². The van der Waals surface area contributed by atoms with Gasteiger partial charge in [-0.1, -0.05) is 11.6 Å². The molecule has 0 saturated carbocycles. The fourth-order valence-corrected chi connectivity index (χ4v) is 2.22. The number of aromatic amines is 1. The van der Waals surface area contributed by atoms with Crippen LogP contribution < -0.4 is 5.32 Å². The van der Waals surface area contributed by atoms with Gasteiger partial charge in [-0.05, 0) is 19.1 Å². The van der Waals surface area contributed by atoms with Gasteiger partial charge in [0.05, 0.1) is 30.3 Å². The maximum absolute atomic E-state index is 11.9.